The number of hydrogen-bond acceptors (Lipinski definition) is 8. The highest BCUT2D eigenvalue weighted by molar-refractivity contribution is 5.93. The maximum atomic E-state index is 13.1. The van der Waals surface area contributed by atoms with E-state index in [4.69, 9.17) is 23.7 Å². The van der Waals surface area contributed by atoms with E-state index in [1.54, 1.807) is 15.5 Å². The van der Waals surface area contributed by atoms with E-state index < -0.39 is 5.97 Å². The van der Waals surface area contributed by atoms with E-state index in [0.717, 1.165) is 24.8 Å². The average Bonchev–Trinajstić information content (AvgIpc) is 3.24. The van der Waals surface area contributed by atoms with Crippen molar-refractivity contribution in [2.45, 2.75) is 44.8 Å². The van der Waals surface area contributed by atoms with Gasteiger partial charge in [0.2, 0.25) is 12.7 Å². The van der Waals surface area contributed by atoms with Crippen molar-refractivity contribution >= 4 is 11.9 Å². The number of amides is 1. The predicted molar refractivity (Wildman–Crippen MR) is 128 cm³/mol. The fourth-order valence-corrected chi connectivity index (χ4v) is 4.89. The quantitative estimate of drug-likeness (QED) is 0.557. The number of esters is 1. The fourth-order valence-electron chi connectivity index (χ4n) is 4.89. The number of methoxy groups -OCH3 is 1. The van der Waals surface area contributed by atoms with Crippen LogP contribution in [0.5, 0.6) is 17.2 Å². The van der Waals surface area contributed by atoms with E-state index in [0.29, 0.717) is 43.3 Å². The molecule has 0 bridgehead atoms. The Bertz CT molecular complexity index is 1200. The standard InChI is InChI=1S/C26H30N2O8/c1-32-26(31)25-19-7-8-27(23(29)13-17-5-6-20-21(12-17)36-16-35-20)9-10-28(19)24(30)14-22(25)34-15-18-4-2-3-11-33-18/h5-6,12,14,18H,2-4,7-11,13,15-16H2,1H3. The number of carbonyl (C=O) groups excluding carboxylic acids is 2. The molecule has 10 heteroatoms. The number of fused-ring (bicyclic) bond motifs is 2. The van der Waals surface area contributed by atoms with Crippen molar-refractivity contribution in [1.82, 2.24) is 9.47 Å². The van der Waals surface area contributed by atoms with Crippen LogP contribution in [-0.2, 0) is 33.7 Å². The summed E-state index contributed by atoms with van der Waals surface area (Å²) in [4.78, 5) is 40.6. The van der Waals surface area contributed by atoms with E-state index in [-0.39, 0.29) is 55.2 Å². The van der Waals surface area contributed by atoms with Gasteiger partial charge in [0.15, 0.2) is 11.5 Å². The lowest BCUT2D eigenvalue weighted by Gasteiger charge is -2.24. The van der Waals surface area contributed by atoms with E-state index in [9.17, 15) is 14.4 Å². The summed E-state index contributed by atoms with van der Waals surface area (Å²) >= 11 is 0. The SMILES string of the molecule is COC(=O)c1c(OCC2CCCCO2)cc(=O)n2c1CCN(C(=O)Cc1ccc3c(c1)OCO3)CC2. The van der Waals surface area contributed by atoms with Crippen LogP contribution in [0, 0.1) is 0 Å². The summed E-state index contributed by atoms with van der Waals surface area (Å²) in [5.74, 6) is 0.856. The monoisotopic (exact) mass is 498 g/mol. The van der Waals surface area contributed by atoms with Crippen molar-refractivity contribution < 1.29 is 33.3 Å². The van der Waals surface area contributed by atoms with Gasteiger partial charge in [-0.2, -0.15) is 0 Å². The summed E-state index contributed by atoms with van der Waals surface area (Å²) in [6.45, 7) is 2.10. The molecule has 3 aliphatic rings. The normalized spacial score (nSPS) is 18.8. The van der Waals surface area contributed by atoms with Gasteiger partial charge in [0.25, 0.3) is 5.56 Å². The Kier molecular flexibility index (Phi) is 7.13. The molecule has 0 spiro atoms. The molecule has 0 radical (unpaired) electrons. The first-order valence-corrected chi connectivity index (χ1v) is 12.3. The molecule has 1 fully saturated rings. The molecule has 4 heterocycles. The molecule has 0 saturated carbocycles. The fraction of sp³-hybridized carbons (Fsp3) is 0.500. The van der Waals surface area contributed by atoms with Crippen molar-refractivity contribution in [3.05, 3.63) is 51.4 Å². The second-order valence-corrected chi connectivity index (χ2v) is 9.11. The lowest BCUT2D eigenvalue weighted by Crippen LogP contribution is -2.35. The van der Waals surface area contributed by atoms with Crippen LogP contribution in [0.1, 0.15) is 40.9 Å². The first kappa shape index (κ1) is 24.2. The van der Waals surface area contributed by atoms with Gasteiger partial charge in [-0.3, -0.25) is 9.59 Å². The molecule has 0 N–H and O–H groups in total. The number of rotatable bonds is 6. The van der Waals surface area contributed by atoms with E-state index in [2.05, 4.69) is 0 Å². The molecule has 5 rings (SSSR count). The van der Waals surface area contributed by atoms with E-state index in [1.807, 2.05) is 12.1 Å². The minimum atomic E-state index is -0.571. The first-order chi connectivity index (χ1) is 17.5. The van der Waals surface area contributed by atoms with Crippen LogP contribution in [0.4, 0.5) is 0 Å². The Morgan fingerprint density at radius 3 is 2.75 bits per heavy atom. The van der Waals surface area contributed by atoms with Crippen LogP contribution in [0.2, 0.25) is 0 Å². The number of carbonyl (C=O) groups is 2. The van der Waals surface area contributed by atoms with Crippen LogP contribution < -0.4 is 19.8 Å². The minimum Gasteiger partial charge on any atom is -0.490 e. The first-order valence-electron chi connectivity index (χ1n) is 12.3. The van der Waals surface area contributed by atoms with Gasteiger partial charge in [0, 0.05) is 44.4 Å². The van der Waals surface area contributed by atoms with Crippen LogP contribution in [0.3, 0.4) is 0 Å². The number of benzene rings is 1. The van der Waals surface area contributed by atoms with E-state index in [1.165, 1.54) is 13.2 Å². The highest BCUT2D eigenvalue weighted by Gasteiger charge is 2.28. The zero-order valence-corrected chi connectivity index (χ0v) is 20.3. The molecule has 10 nitrogen and oxygen atoms in total. The number of nitrogens with zero attached hydrogens (tertiary/aromatic N) is 2. The Morgan fingerprint density at radius 2 is 1.94 bits per heavy atom. The highest BCUT2D eigenvalue weighted by atomic mass is 16.7. The Hall–Kier alpha value is -3.53. The molecule has 0 aliphatic carbocycles. The topological polar surface area (TPSA) is 106 Å². The predicted octanol–water partition coefficient (Wildman–Crippen LogP) is 1.94. The Balaban J connectivity index is 1.33. The molecule has 1 unspecified atom stereocenters. The summed E-state index contributed by atoms with van der Waals surface area (Å²) < 4.78 is 29.0. The van der Waals surface area contributed by atoms with Gasteiger partial charge in [-0.1, -0.05) is 6.07 Å². The van der Waals surface area contributed by atoms with Gasteiger partial charge in [0.05, 0.1) is 19.6 Å². The molecule has 1 saturated heterocycles. The Labute approximate surface area is 208 Å². The molecule has 1 aromatic carbocycles. The van der Waals surface area contributed by atoms with Gasteiger partial charge in [-0.25, -0.2) is 4.79 Å². The molecule has 192 valence electrons. The molecule has 1 amide bonds. The van der Waals surface area contributed by atoms with Crippen molar-refractivity contribution in [2.24, 2.45) is 0 Å². The van der Waals surface area contributed by atoms with Crippen LogP contribution in [0.15, 0.2) is 29.1 Å². The van der Waals surface area contributed by atoms with Crippen molar-refractivity contribution in [3.63, 3.8) is 0 Å². The third kappa shape index (κ3) is 5.04. The van der Waals surface area contributed by atoms with E-state index >= 15 is 0 Å². The zero-order chi connectivity index (χ0) is 25.1. The maximum Gasteiger partial charge on any atom is 0.343 e. The number of pyridine rings is 1. The van der Waals surface area contributed by atoms with Gasteiger partial charge < -0.3 is 33.2 Å². The smallest absolute Gasteiger partial charge is 0.343 e. The molecule has 36 heavy (non-hydrogen) atoms. The summed E-state index contributed by atoms with van der Waals surface area (Å²) in [6.07, 6.45) is 3.40. The number of aromatic nitrogens is 1. The Morgan fingerprint density at radius 1 is 1.08 bits per heavy atom. The summed E-state index contributed by atoms with van der Waals surface area (Å²) in [6, 6.07) is 6.79. The summed E-state index contributed by atoms with van der Waals surface area (Å²) in [7, 11) is 1.30. The zero-order valence-electron chi connectivity index (χ0n) is 20.3. The summed E-state index contributed by atoms with van der Waals surface area (Å²) in [5, 5.41) is 0. The molecule has 3 aliphatic heterocycles. The molecule has 2 aromatic rings. The van der Waals surface area contributed by atoms with Crippen molar-refractivity contribution in [1.29, 1.82) is 0 Å². The second-order valence-electron chi connectivity index (χ2n) is 9.11. The third-order valence-corrected chi connectivity index (χ3v) is 6.83. The minimum absolute atomic E-state index is 0.0692. The molecular formula is C26H30N2O8. The van der Waals surface area contributed by atoms with Gasteiger partial charge in [-0.15, -0.1) is 0 Å². The van der Waals surface area contributed by atoms with Crippen LogP contribution in [-0.4, -0.2) is 67.7 Å². The van der Waals surface area contributed by atoms with Crippen LogP contribution >= 0.6 is 0 Å². The van der Waals surface area contributed by atoms with Gasteiger partial charge >= 0.3 is 5.97 Å². The largest absolute Gasteiger partial charge is 0.490 e. The molecule has 1 atom stereocenters. The van der Waals surface area contributed by atoms with Crippen molar-refractivity contribution in [3.8, 4) is 17.2 Å². The lowest BCUT2D eigenvalue weighted by atomic mass is 10.1. The highest BCUT2D eigenvalue weighted by Crippen LogP contribution is 2.33. The molecular weight excluding hydrogens is 468 g/mol. The summed E-state index contributed by atoms with van der Waals surface area (Å²) in [5.41, 5.74) is 1.30. The lowest BCUT2D eigenvalue weighted by molar-refractivity contribution is -0.130. The number of ether oxygens (including phenoxy) is 5. The van der Waals surface area contributed by atoms with Crippen molar-refractivity contribution in [2.75, 3.05) is 40.2 Å². The maximum absolute atomic E-state index is 13.1. The van der Waals surface area contributed by atoms with Gasteiger partial charge in [0.1, 0.15) is 17.9 Å². The second kappa shape index (κ2) is 10.6. The molecule has 1 aromatic heterocycles. The number of hydrogen-bond donors (Lipinski definition) is 0. The van der Waals surface area contributed by atoms with Gasteiger partial charge in [-0.05, 0) is 37.0 Å². The third-order valence-electron chi connectivity index (χ3n) is 6.83. The van der Waals surface area contributed by atoms with Crippen LogP contribution in [0.25, 0.3) is 0 Å². The average molecular weight is 499 g/mol.